The quantitative estimate of drug-likeness (QED) is 0.630. The van der Waals surface area contributed by atoms with Crippen LogP contribution in [0.5, 0.6) is 0 Å². The Labute approximate surface area is 89.9 Å². The van der Waals surface area contributed by atoms with Crippen molar-refractivity contribution in [3.63, 3.8) is 0 Å². The van der Waals surface area contributed by atoms with Crippen LogP contribution in [0.1, 0.15) is 35.2 Å². The molecule has 0 N–H and O–H groups in total. The van der Waals surface area contributed by atoms with Gasteiger partial charge in [-0.1, -0.05) is 18.2 Å². The molecule has 1 aromatic carbocycles. The van der Waals surface area contributed by atoms with Crippen molar-refractivity contribution in [3.8, 4) is 0 Å². The van der Waals surface area contributed by atoms with Gasteiger partial charge >= 0.3 is 0 Å². The third kappa shape index (κ3) is 1.36. The molecule has 0 aliphatic carbocycles. The summed E-state index contributed by atoms with van der Waals surface area (Å²) >= 11 is 0. The van der Waals surface area contributed by atoms with Gasteiger partial charge in [-0.3, -0.25) is 4.79 Å². The first kappa shape index (κ1) is 8.96. The fraction of sp³-hybridized carbons (Fsp3) is 0.462. The molecule has 2 aliphatic heterocycles. The van der Waals surface area contributed by atoms with Crippen molar-refractivity contribution in [2.45, 2.75) is 31.7 Å². The van der Waals surface area contributed by atoms with Crippen LogP contribution in [-0.4, -0.2) is 23.4 Å². The largest absolute Gasteiger partial charge is 0.336 e. The predicted octanol–water partition coefficient (Wildman–Crippen LogP) is 2.24. The molecular weight excluding hydrogens is 186 g/mol. The lowest BCUT2D eigenvalue weighted by atomic mass is 10.0. The second-order valence-electron chi connectivity index (χ2n) is 4.49. The van der Waals surface area contributed by atoms with Crippen molar-refractivity contribution >= 4 is 5.91 Å². The number of aryl methyl sites for hydroxylation is 1. The summed E-state index contributed by atoms with van der Waals surface area (Å²) in [5.41, 5.74) is 2.17. The lowest BCUT2D eigenvalue weighted by Crippen LogP contribution is -2.34. The van der Waals surface area contributed by atoms with E-state index >= 15 is 0 Å². The zero-order valence-corrected chi connectivity index (χ0v) is 8.78. The normalized spacial score (nSPS) is 24.7. The average molecular weight is 201 g/mol. The molecule has 1 atom stereocenters. The summed E-state index contributed by atoms with van der Waals surface area (Å²) in [6.45, 7) is 0.956. The van der Waals surface area contributed by atoms with Gasteiger partial charge in [-0.15, -0.1) is 0 Å². The van der Waals surface area contributed by atoms with Gasteiger partial charge in [0.2, 0.25) is 0 Å². The molecule has 2 heteroatoms. The minimum Gasteiger partial charge on any atom is -0.336 e. The van der Waals surface area contributed by atoms with Crippen molar-refractivity contribution < 1.29 is 4.79 Å². The van der Waals surface area contributed by atoms with E-state index in [0.29, 0.717) is 6.04 Å². The summed E-state index contributed by atoms with van der Waals surface area (Å²) in [4.78, 5) is 14.3. The summed E-state index contributed by atoms with van der Waals surface area (Å²) in [5.74, 6) is 0.255. The molecular formula is C13H15NO. The molecule has 15 heavy (non-hydrogen) atoms. The Kier molecular flexibility index (Phi) is 2.01. The van der Waals surface area contributed by atoms with E-state index in [1.165, 1.54) is 18.4 Å². The van der Waals surface area contributed by atoms with Gasteiger partial charge in [0.15, 0.2) is 0 Å². The van der Waals surface area contributed by atoms with Crippen LogP contribution in [-0.2, 0) is 6.42 Å². The van der Waals surface area contributed by atoms with Crippen LogP contribution >= 0.6 is 0 Å². The molecule has 3 rings (SSSR count). The highest BCUT2D eigenvalue weighted by molar-refractivity contribution is 5.96. The Morgan fingerprint density at radius 1 is 1.20 bits per heavy atom. The number of carbonyl (C=O) groups excluding carboxylic acids is 1. The molecule has 2 aliphatic rings. The zero-order valence-electron chi connectivity index (χ0n) is 8.78. The number of fused-ring (bicyclic) bond motifs is 2. The van der Waals surface area contributed by atoms with Gasteiger partial charge < -0.3 is 4.90 Å². The second kappa shape index (κ2) is 3.37. The summed E-state index contributed by atoms with van der Waals surface area (Å²) in [6.07, 6.45) is 4.57. The molecule has 2 heterocycles. The van der Waals surface area contributed by atoms with E-state index in [9.17, 15) is 4.79 Å². The first-order chi connectivity index (χ1) is 7.36. The number of benzene rings is 1. The molecule has 2 nitrogen and oxygen atoms in total. The minimum absolute atomic E-state index is 0.255. The first-order valence-electron chi connectivity index (χ1n) is 5.75. The fourth-order valence-electron chi connectivity index (χ4n) is 2.83. The molecule has 0 bridgehead atoms. The molecule has 0 aromatic heterocycles. The molecule has 0 spiro atoms. The number of rotatable bonds is 0. The fourth-order valence-corrected chi connectivity index (χ4v) is 2.83. The van der Waals surface area contributed by atoms with Crippen molar-refractivity contribution in [1.29, 1.82) is 0 Å². The Morgan fingerprint density at radius 2 is 2.07 bits per heavy atom. The summed E-state index contributed by atoms with van der Waals surface area (Å²) < 4.78 is 0. The highest BCUT2D eigenvalue weighted by atomic mass is 16.2. The summed E-state index contributed by atoms with van der Waals surface area (Å²) in [7, 11) is 0. The Morgan fingerprint density at radius 3 is 3.00 bits per heavy atom. The van der Waals surface area contributed by atoms with Gasteiger partial charge in [0.25, 0.3) is 5.91 Å². The third-order valence-corrected chi connectivity index (χ3v) is 3.63. The van der Waals surface area contributed by atoms with Gasteiger partial charge in [0, 0.05) is 18.2 Å². The Balaban J connectivity index is 2.04. The molecule has 1 unspecified atom stereocenters. The monoisotopic (exact) mass is 201 g/mol. The maximum absolute atomic E-state index is 12.2. The van der Waals surface area contributed by atoms with E-state index in [0.717, 1.165) is 24.9 Å². The van der Waals surface area contributed by atoms with Gasteiger partial charge in [-0.2, -0.15) is 0 Å². The Hall–Kier alpha value is -1.31. The van der Waals surface area contributed by atoms with Gasteiger partial charge in [0.05, 0.1) is 0 Å². The highest BCUT2D eigenvalue weighted by Gasteiger charge is 2.32. The number of nitrogens with zero attached hydrogens (tertiary/aromatic N) is 1. The van der Waals surface area contributed by atoms with Crippen molar-refractivity contribution in [1.82, 2.24) is 4.90 Å². The van der Waals surface area contributed by atoms with E-state index < -0.39 is 0 Å². The lowest BCUT2D eigenvalue weighted by molar-refractivity contribution is 0.0740. The van der Waals surface area contributed by atoms with Crippen molar-refractivity contribution in [2.24, 2.45) is 0 Å². The van der Waals surface area contributed by atoms with E-state index in [1.54, 1.807) is 0 Å². The van der Waals surface area contributed by atoms with Crippen LogP contribution in [0.3, 0.4) is 0 Å². The molecule has 0 saturated carbocycles. The minimum atomic E-state index is 0.255. The third-order valence-electron chi connectivity index (χ3n) is 3.63. The first-order valence-corrected chi connectivity index (χ1v) is 5.75. The van der Waals surface area contributed by atoms with Crippen molar-refractivity contribution in [3.05, 3.63) is 35.4 Å². The molecule has 1 amide bonds. The maximum Gasteiger partial charge on any atom is 0.254 e. The van der Waals surface area contributed by atoms with Crippen LogP contribution < -0.4 is 0 Å². The van der Waals surface area contributed by atoms with E-state index in [1.807, 2.05) is 18.2 Å². The number of hydrogen-bond donors (Lipinski definition) is 0. The van der Waals surface area contributed by atoms with Gasteiger partial charge in [-0.05, 0) is 37.3 Å². The number of hydrogen-bond acceptors (Lipinski definition) is 1. The van der Waals surface area contributed by atoms with Crippen LogP contribution in [0.15, 0.2) is 24.3 Å². The molecule has 1 fully saturated rings. The lowest BCUT2D eigenvalue weighted by Gasteiger charge is -2.21. The second-order valence-corrected chi connectivity index (χ2v) is 4.49. The molecule has 1 saturated heterocycles. The standard InChI is InChI=1S/C13H15NO/c15-13-12-6-2-1-4-10(12)7-8-11-5-3-9-14(11)13/h1-2,4,6,11H,3,5,7-9H2. The summed E-state index contributed by atoms with van der Waals surface area (Å²) in [6, 6.07) is 8.56. The molecule has 78 valence electrons. The predicted molar refractivity (Wildman–Crippen MR) is 58.8 cm³/mol. The Bertz CT molecular complexity index is 399. The molecule has 0 radical (unpaired) electrons. The van der Waals surface area contributed by atoms with Crippen LogP contribution in [0.25, 0.3) is 0 Å². The maximum atomic E-state index is 12.2. The van der Waals surface area contributed by atoms with Gasteiger partial charge in [-0.25, -0.2) is 0 Å². The number of carbonyl (C=O) groups is 1. The van der Waals surface area contributed by atoms with E-state index in [2.05, 4.69) is 11.0 Å². The SMILES string of the molecule is O=C1c2ccccc2CCC2CCCN12. The van der Waals surface area contributed by atoms with Crippen LogP contribution in [0, 0.1) is 0 Å². The van der Waals surface area contributed by atoms with Gasteiger partial charge in [0.1, 0.15) is 0 Å². The van der Waals surface area contributed by atoms with Crippen LogP contribution in [0.2, 0.25) is 0 Å². The number of amides is 1. The highest BCUT2D eigenvalue weighted by Crippen LogP contribution is 2.28. The smallest absolute Gasteiger partial charge is 0.254 e. The van der Waals surface area contributed by atoms with Crippen molar-refractivity contribution in [2.75, 3.05) is 6.54 Å². The van der Waals surface area contributed by atoms with E-state index in [-0.39, 0.29) is 5.91 Å². The van der Waals surface area contributed by atoms with Crippen LogP contribution in [0.4, 0.5) is 0 Å². The van der Waals surface area contributed by atoms with E-state index in [4.69, 9.17) is 0 Å². The average Bonchev–Trinajstić information content (AvgIpc) is 2.69. The topological polar surface area (TPSA) is 20.3 Å². The molecule has 1 aromatic rings. The zero-order chi connectivity index (χ0) is 10.3. The summed E-state index contributed by atoms with van der Waals surface area (Å²) in [5, 5.41) is 0.